The molecular weight excluding hydrogens is 1680 g/mol. The van der Waals surface area contributed by atoms with Crippen LogP contribution < -0.4 is 31.8 Å². The average molecular weight is 1750 g/mol. The van der Waals surface area contributed by atoms with Crippen LogP contribution in [0.15, 0.2) is 461 Å². The Morgan fingerprint density at radius 2 is 0.662 bits per heavy atom. The van der Waals surface area contributed by atoms with Crippen molar-refractivity contribution in [2.75, 3.05) is 0 Å². The van der Waals surface area contributed by atoms with Crippen LogP contribution in [0.3, 0.4) is 0 Å². The molecular formula is C121H76N8OP2S. The van der Waals surface area contributed by atoms with E-state index < -0.39 is 13.2 Å². The first-order valence-corrected chi connectivity index (χ1v) is 49.0. The summed E-state index contributed by atoms with van der Waals surface area (Å²) >= 11 is 6.59. The fraction of sp³-hybridized carbons (Fsp3) is 0. The minimum absolute atomic E-state index is 0.650. The van der Waals surface area contributed by atoms with Crippen molar-refractivity contribution < 1.29 is 4.57 Å². The molecule has 0 bridgehead atoms. The predicted molar refractivity (Wildman–Crippen MR) is 562 cm³/mol. The normalized spacial score (nSPS) is 11.8. The summed E-state index contributed by atoms with van der Waals surface area (Å²) in [5.41, 5.74) is 17.8. The Morgan fingerprint density at radius 1 is 0.256 bits per heavy atom. The number of aromatic nitrogens is 7. The minimum Gasteiger partial charge on any atom is -0.309 e. The van der Waals surface area contributed by atoms with Crippen molar-refractivity contribution >= 4 is 209 Å². The van der Waals surface area contributed by atoms with E-state index in [2.05, 4.69) is 350 Å². The lowest BCUT2D eigenvalue weighted by Gasteiger charge is -2.24. The molecule has 19 aromatic carbocycles. The Bertz CT molecular complexity index is 8930. The molecule has 0 aliphatic heterocycles. The van der Waals surface area contributed by atoms with Gasteiger partial charge in [-0.1, -0.05) is 364 Å². The molecule has 0 N–H and O–H groups in total. The van der Waals surface area contributed by atoms with Gasteiger partial charge >= 0.3 is 0 Å². The third-order valence-corrected chi connectivity index (χ3v) is 34.2. The maximum atomic E-state index is 14.9. The van der Waals surface area contributed by atoms with Crippen molar-refractivity contribution in [3.05, 3.63) is 467 Å². The molecule has 0 radical (unpaired) electrons. The van der Waals surface area contributed by atoms with Crippen molar-refractivity contribution in [2.45, 2.75) is 0 Å². The van der Waals surface area contributed by atoms with E-state index in [1.807, 2.05) is 122 Å². The van der Waals surface area contributed by atoms with Crippen LogP contribution >= 0.6 is 13.2 Å². The van der Waals surface area contributed by atoms with Gasteiger partial charge in [0.25, 0.3) is 0 Å². The first kappa shape index (κ1) is 79.7. The number of nitriles is 1. The fourth-order valence-corrected chi connectivity index (χ4v) is 26.3. The molecule has 12 heteroatoms. The van der Waals surface area contributed by atoms with Crippen LogP contribution in [0.25, 0.3) is 202 Å². The molecule has 0 fully saturated rings. The first-order chi connectivity index (χ1) is 65.7. The van der Waals surface area contributed by atoms with Gasteiger partial charge in [0.1, 0.15) is 0 Å². The van der Waals surface area contributed by atoms with Gasteiger partial charge in [0.15, 0.2) is 7.14 Å². The molecule has 0 atom stereocenters. The van der Waals surface area contributed by atoms with Gasteiger partial charge in [-0.15, -0.1) is 0 Å². The van der Waals surface area contributed by atoms with Crippen LogP contribution in [-0.2, 0) is 16.4 Å². The Hall–Kier alpha value is -16.6. The van der Waals surface area contributed by atoms with Crippen molar-refractivity contribution in [1.29, 1.82) is 5.26 Å². The predicted octanol–water partition coefficient (Wildman–Crippen LogP) is 28.3. The van der Waals surface area contributed by atoms with Crippen molar-refractivity contribution in [3.8, 4) is 56.7 Å². The van der Waals surface area contributed by atoms with E-state index in [9.17, 15) is 9.83 Å². The molecule has 26 rings (SSSR count). The first-order valence-electron chi connectivity index (χ1n) is 44.4. The molecule has 7 heterocycles. The van der Waals surface area contributed by atoms with E-state index >= 15 is 0 Å². The van der Waals surface area contributed by atoms with Crippen molar-refractivity contribution in [1.82, 2.24) is 34.5 Å². The summed E-state index contributed by atoms with van der Waals surface area (Å²) < 4.78 is 17.2. The summed E-state index contributed by atoms with van der Waals surface area (Å²) in [6.07, 6.45) is 5.80. The number of nitrogens with zero attached hydrogens (tertiary/aromatic N) is 8. The SMILES string of the molecule is N#Cc1ccc2c(c1)c1cc(-c3cccc(-c4nc5ccccc5c5c4ccc4ccc6cccnc6c45)c3)ccc1n2-c1ccccc1.O=P(c1ccccc1)(c1ccccc1)c1ccc(-c2nc3ccccc3c3c2cnc2ccc4ccccc4c23)cc1.S=P(c1ccccc1)(c1ccccc1)c1ccc(-c2nc3ccccc3c3c2ccc2ncc4ccccc4c23)cc1. The highest BCUT2D eigenvalue weighted by Gasteiger charge is 2.31. The summed E-state index contributed by atoms with van der Waals surface area (Å²) in [7, 11) is -3.07. The zero-order valence-corrected chi connectivity index (χ0v) is 74.3. The van der Waals surface area contributed by atoms with Crippen LogP contribution in [0.4, 0.5) is 0 Å². The molecule has 0 aliphatic carbocycles. The second kappa shape index (κ2) is 33.1. The van der Waals surface area contributed by atoms with Gasteiger partial charge < -0.3 is 9.13 Å². The van der Waals surface area contributed by atoms with E-state index in [1.165, 1.54) is 48.2 Å². The van der Waals surface area contributed by atoms with Crippen LogP contribution in [-0.4, -0.2) is 34.5 Å². The zero-order valence-electron chi connectivity index (χ0n) is 71.7. The number of benzene rings is 19. The quantitative estimate of drug-likeness (QED) is 0.0920. The highest BCUT2D eigenvalue weighted by molar-refractivity contribution is 8.25. The smallest absolute Gasteiger partial charge is 0.171 e. The van der Waals surface area contributed by atoms with Crippen LogP contribution in [0, 0.1) is 11.3 Å². The van der Waals surface area contributed by atoms with Gasteiger partial charge in [0.2, 0.25) is 0 Å². The lowest BCUT2D eigenvalue weighted by molar-refractivity contribution is 0.592. The molecule has 133 heavy (non-hydrogen) atoms. The standard InChI is InChI=1S/C45H26N4.C38H25N2OP.C38H25N2PS/c46-27-28-15-21-40-37(24-28)38-26-32(19-22-41(38)49(40)34-11-2-1-3-12-34)31-8-6-9-33(25-31)44-36-20-18-29-16-17-30-10-7-23-47-45(30)42(29)43(36)35-13-4-5-14-39(35)48-44;41-42(28-12-3-1-4-13-28,29-14-5-2-6-15-29)30-22-19-27(20-23-30)38-33-25-39-35-24-21-26-11-7-8-16-31(26)37(35)36(33)32-17-9-10-18-34(32)40-38;42-41(28-12-3-1-4-13-28,29-14-5-2-6-15-29)30-21-19-26(20-22-30)38-33-23-24-35-37(31-16-8-7-11-27(31)25-39-35)36(33)32-17-9-10-18-34(32)40-38/h1-26H;2*1-25H. The second-order valence-corrected chi connectivity index (χ2v) is 40.8. The van der Waals surface area contributed by atoms with Gasteiger partial charge in [-0.25, -0.2) is 15.0 Å². The van der Waals surface area contributed by atoms with Crippen LogP contribution in [0.2, 0.25) is 0 Å². The molecule has 26 aromatic rings. The van der Waals surface area contributed by atoms with Crippen LogP contribution in [0.5, 0.6) is 0 Å². The molecule has 7 aromatic heterocycles. The summed E-state index contributed by atoms with van der Waals surface area (Å²) in [5.74, 6) is 0. The maximum Gasteiger partial charge on any atom is 0.171 e. The molecule has 0 amide bonds. The summed E-state index contributed by atoms with van der Waals surface area (Å²) in [6, 6.07) is 153. The molecule has 9 nitrogen and oxygen atoms in total. The van der Waals surface area contributed by atoms with E-state index in [-0.39, 0.29) is 0 Å². The van der Waals surface area contributed by atoms with Gasteiger partial charge in [0.05, 0.1) is 72.8 Å². The molecule has 0 aliphatic rings. The van der Waals surface area contributed by atoms with E-state index in [0.717, 1.165) is 186 Å². The number of hydrogen-bond acceptors (Lipinski definition) is 9. The molecule has 0 unspecified atom stereocenters. The van der Waals surface area contributed by atoms with Gasteiger partial charge in [-0.3, -0.25) is 15.0 Å². The third kappa shape index (κ3) is 13.7. The van der Waals surface area contributed by atoms with E-state index in [1.54, 1.807) is 0 Å². The Balaban J connectivity index is 0.000000110. The Labute approximate surface area is 771 Å². The Morgan fingerprint density at radius 3 is 1.26 bits per heavy atom. The summed E-state index contributed by atoms with van der Waals surface area (Å²) in [6.45, 7) is 0. The summed E-state index contributed by atoms with van der Waals surface area (Å²) in [4.78, 5) is 30.3. The van der Waals surface area contributed by atoms with Gasteiger partial charge in [-0.05, 0) is 140 Å². The number of rotatable bonds is 11. The summed E-state index contributed by atoms with van der Waals surface area (Å²) in [5, 5.41) is 38.5. The monoisotopic (exact) mass is 1750 g/mol. The Kier molecular flexibility index (Phi) is 19.9. The van der Waals surface area contributed by atoms with Crippen molar-refractivity contribution in [3.63, 3.8) is 0 Å². The fourth-order valence-electron chi connectivity index (χ4n) is 19.9. The van der Waals surface area contributed by atoms with Gasteiger partial charge in [0, 0.05) is 149 Å². The molecule has 0 saturated carbocycles. The second-order valence-electron chi connectivity index (χ2n) is 33.6. The van der Waals surface area contributed by atoms with E-state index in [0.29, 0.717) is 5.56 Å². The number of pyridine rings is 6. The third-order valence-electron chi connectivity index (χ3n) is 26.1. The highest BCUT2D eigenvalue weighted by atomic mass is 32.4. The van der Waals surface area contributed by atoms with Crippen LogP contribution in [0.1, 0.15) is 5.56 Å². The van der Waals surface area contributed by atoms with E-state index in [4.69, 9.17) is 41.7 Å². The molecule has 0 spiro atoms. The average Bonchev–Trinajstić information content (AvgIpc) is 1.57. The number of para-hydroxylation sites is 4. The van der Waals surface area contributed by atoms with Crippen molar-refractivity contribution in [2.24, 2.45) is 0 Å². The van der Waals surface area contributed by atoms with Gasteiger partial charge in [-0.2, -0.15) is 5.26 Å². The maximum absolute atomic E-state index is 14.9. The minimum atomic E-state index is -3.07. The number of hydrogen-bond donors (Lipinski definition) is 0. The lowest BCUT2D eigenvalue weighted by Crippen LogP contribution is -2.24. The molecule has 622 valence electrons. The number of fused-ring (bicyclic) bond motifs is 24. The zero-order chi connectivity index (χ0) is 88.7. The highest BCUT2D eigenvalue weighted by Crippen LogP contribution is 2.49. The largest absolute Gasteiger partial charge is 0.309 e. The molecule has 0 saturated heterocycles. The topological polar surface area (TPSA) is 123 Å². The lowest BCUT2D eigenvalue weighted by atomic mass is 9.93.